The van der Waals surface area contributed by atoms with Crippen molar-refractivity contribution in [3.8, 4) is 11.3 Å². The van der Waals surface area contributed by atoms with E-state index in [0.717, 1.165) is 60.1 Å². The Hall–Kier alpha value is -3.46. The summed E-state index contributed by atoms with van der Waals surface area (Å²) in [5.74, 6) is 1.49. The zero-order valence-electron chi connectivity index (χ0n) is 19.4. The van der Waals surface area contributed by atoms with Crippen LogP contribution in [0, 0.1) is 0 Å². The van der Waals surface area contributed by atoms with Crippen LogP contribution in [0.5, 0.6) is 0 Å². The fourth-order valence-corrected chi connectivity index (χ4v) is 4.39. The lowest BCUT2D eigenvalue weighted by atomic mass is 10.0. The number of hydrogen-bond acceptors (Lipinski definition) is 7. The van der Waals surface area contributed by atoms with Gasteiger partial charge in [0.25, 0.3) is 0 Å². The summed E-state index contributed by atoms with van der Waals surface area (Å²) in [6.45, 7) is 6.63. The van der Waals surface area contributed by atoms with E-state index in [1.54, 1.807) is 0 Å². The second-order valence-corrected chi connectivity index (χ2v) is 8.97. The van der Waals surface area contributed by atoms with Crippen LogP contribution in [0.25, 0.3) is 22.4 Å². The Morgan fingerprint density at radius 2 is 1.91 bits per heavy atom. The molecule has 0 aliphatic carbocycles. The van der Waals surface area contributed by atoms with E-state index >= 15 is 0 Å². The van der Waals surface area contributed by atoms with Gasteiger partial charge in [0.1, 0.15) is 0 Å². The maximum Gasteiger partial charge on any atom is 0.229 e. The van der Waals surface area contributed by atoms with Crippen molar-refractivity contribution in [1.82, 2.24) is 29.3 Å². The SMILES string of the molecule is CC(C)n1cnc2c(NCc3ccccc3-c3ccnn3C)nc(N3CCC(N)CC3)nc21. The van der Waals surface area contributed by atoms with Gasteiger partial charge >= 0.3 is 0 Å². The molecule has 9 heteroatoms. The zero-order chi connectivity index (χ0) is 22.9. The third-order valence-electron chi connectivity index (χ3n) is 6.35. The van der Waals surface area contributed by atoms with Crippen molar-refractivity contribution in [3.63, 3.8) is 0 Å². The number of nitrogens with two attached hydrogens (primary N) is 1. The van der Waals surface area contributed by atoms with Crippen molar-refractivity contribution < 1.29 is 0 Å². The molecular weight excluding hydrogens is 414 g/mol. The third kappa shape index (κ3) is 4.16. The molecule has 1 saturated heterocycles. The smallest absolute Gasteiger partial charge is 0.229 e. The number of imidazole rings is 1. The summed E-state index contributed by atoms with van der Waals surface area (Å²) in [6, 6.07) is 10.9. The largest absolute Gasteiger partial charge is 0.364 e. The van der Waals surface area contributed by atoms with Gasteiger partial charge in [-0.25, -0.2) is 4.98 Å². The topological polar surface area (TPSA) is 103 Å². The molecule has 0 amide bonds. The van der Waals surface area contributed by atoms with E-state index in [2.05, 4.69) is 63.0 Å². The Bertz CT molecular complexity index is 1250. The number of nitrogens with one attached hydrogen (secondary N) is 1. The Morgan fingerprint density at radius 1 is 1.12 bits per heavy atom. The molecular formula is C24H31N9. The first-order valence-corrected chi connectivity index (χ1v) is 11.6. The predicted octanol–water partition coefficient (Wildman–Crippen LogP) is 3.35. The summed E-state index contributed by atoms with van der Waals surface area (Å²) in [5, 5.41) is 7.89. The summed E-state index contributed by atoms with van der Waals surface area (Å²) in [5.41, 5.74) is 11.2. The number of rotatable bonds is 6. The monoisotopic (exact) mass is 445 g/mol. The van der Waals surface area contributed by atoms with Gasteiger partial charge in [-0.1, -0.05) is 24.3 Å². The number of piperidine rings is 1. The maximum atomic E-state index is 6.12. The fourth-order valence-electron chi connectivity index (χ4n) is 4.39. The van der Waals surface area contributed by atoms with Crippen molar-refractivity contribution in [2.75, 3.05) is 23.3 Å². The second kappa shape index (κ2) is 8.82. The van der Waals surface area contributed by atoms with Gasteiger partial charge < -0.3 is 20.5 Å². The zero-order valence-corrected chi connectivity index (χ0v) is 19.4. The van der Waals surface area contributed by atoms with E-state index in [0.29, 0.717) is 6.54 Å². The molecule has 4 aromatic rings. The number of aromatic nitrogens is 6. The molecule has 0 saturated carbocycles. The van der Waals surface area contributed by atoms with E-state index in [-0.39, 0.29) is 12.1 Å². The fraction of sp³-hybridized carbons (Fsp3) is 0.417. The van der Waals surface area contributed by atoms with Crippen molar-refractivity contribution in [3.05, 3.63) is 48.4 Å². The van der Waals surface area contributed by atoms with Crippen molar-refractivity contribution >= 4 is 22.9 Å². The predicted molar refractivity (Wildman–Crippen MR) is 131 cm³/mol. The lowest BCUT2D eigenvalue weighted by molar-refractivity contribution is 0.495. The standard InChI is InChI=1S/C24H31N9/c1-16(2)33-15-27-21-22(29-24(30-23(21)33)32-12-9-18(25)10-13-32)26-14-17-6-4-5-7-19(17)20-8-11-28-31(20)3/h4-8,11,15-16,18H,9-10,12-14,25H2,1-3H3,(H,26,29,30). The molecule has 1 aliphatic rings. The molecule has 1 aliphatic heterocycles. The van der Waals surface area contributed by atoms with Crippen LogP contribution in [0.4, 0.5) is 11.8 Å². The number of nitrogens with zero attached hydrogens (tertiary/aromatic N) is 7. The van der Waals surface area contributed by atoms with Gasteiger partial charge in [0.05, 0.1) is 12.0 Å². The van der Waals surface area contributed by atoms with Crippen LogP contribution in [0.15, 0.2) is 42.9 Å². The van der Waals surface area contributed by atoms with Gasteiger partial charge in [0, 0.05) is 50.5 Å². The number of aryl methyl sites for hydroxylation is 1. The van der Waals surface area contributed by atoms with Gasteiger partial charge in [0.2, 0.25) is 5.95 Å². The van der Waals surface area contributed by atoms with Crippen LogP contribution < -0.4 is 16.0 Å². The molecule has 3 aromatic heterocycles. The van der Waals surface area contributed by atoms with Crippen LogP contribution in [-0.4, -0.2) is 48.4 Å². The minimum atomic E-state index is 0.256. The molecule has 0 radical (unpaired) electrons. The van der Waals surface area contributed by atoms with Crippen molar-refractivity contribution in [2.45, 2.75) is 45.3 Å². The minimum Gasteiger partial charge on any atom is -0.364 e. The van der Waals surface area contributed by atoms with Gasteiger partial charge in [0.15, 0.2) is 17.0 Å². The van der Waals surface area contributed by atoms with E-state index < -0.39 is 0 Å². The molecule has 0 bridgehead atoms. The normalized spacial score (nSPS) is 15.0. The van der Waals surface area contributed by atoms with Crippen LogP contribution in [0.2, 0.25) is 0 Å². The molecule has 172 valence electrons. The average Bonchev–Trinajstić information content (AvgIpc) is 3.44. The number of anilines is 2. The Kier molecular flexibility index (Phi) is 5.72. The van der Waals surface area contributed by atoms with Crippen LogP contribution >= 0.6 is 0 Å². The highest BCUT2D eigenvalue weighted by Crippen LogP contribution is 2.28. The average molecular weight is 446 g/mol. The molecule has 3 N–H and O–H groups in total. The first-order chi connectivity index (χ1) is 16.0. The Labute approximate surface area is 193 Å². The summed E-state index contributed by atoms with van der Waals surface area (Å²) in [7, 11) is 1.96. The quantitative estimate of drug-likeness (QED) is 0.469. The summed E-state index contributed by atoms with van der Waals surface area (Å²) < 4.78 is 4.00. The molecule has 1 aromatic carbocycles. The highest BCUT2D eigenvalue weighted by molar-refractivity contribution is 5.84. The molecule has 0 atom stereocenters. The van der Waals surface area contributed by atoms with Crippen LogP contribution in [-0.2, 0) is 13.6 Å². The Morgan fingerprint density at radius 3 is 2.64 bits per heavy atom. The van der Waals surface area contributed by atoms with Gasteiger partial charge in [-0.3, -0.25) is 4.68 Å². The minimum absolute atomic E-state index is 0.256. The first-order valence-electron chi connectivity index (χ1n) is 11.6. The molecule has 9 nitrogen and oxygen atoms in total. The van der Waals surface area contributed by atoms with E-state index in [1.165, 1.54) is 5.56 Å². The van der Waals surface area contributed by atoms with Crippen molar-refractivity contribution in [2.24, 2.45) is 12.8 Å². The first kappa shape index (κ1) is 21.4. The number of hydrogen-bond donors (Lipinski definition) is 2. The third-order valence-corrected chi connectivity index (χ3v) is 6.35. The highest BCUT2D eigenvalue weighted by atomic mass is 15.3. The van der Waals surface area contributed by atoms with Crippen molar-refractivity contribution in [1.29, 1.82) is 0 Å². The molecule has 33 heavy (non-hydrogen) atoms. The summed E-state index contributed by atoms with van der Waals surface area (Å²) in [6.07, 6.45) is 5.58. The number of benzene rings is 1. The lowest BCUT2D eigenvalue weighted by Crippen LogP contribution is -2.40. The van der Waals surface area contributed by atoms with E-state index in [9.17, 15) is 0 Å². The van der Waals surface area contributed by atoms with E-state index in [4.69, 9.17) is 15.7 Å². The molecule has 0 unspecified atom stereocenters. The van der Waals surface area contributed by atoms with Gasteiger partial charge in [-0.2, -0.15) is 15.1 Å². The lowest BCUT2D eigenvalue weighted by Gasteiger charge is -2.30. The van der Waals surface area contributed by atoms with Gasteiger partial charge in [-0.05, 0) is 38.3 Å². The van der Waals surface area contributed by atoms with Crippen LogP contribution in [0.3, 0.4) is 0 Å². The maximum absolute atomic E-state index is 6.12. The number of fused-ring (bicyclic) bond motifs is 1. The summed E-state index contributed by atoms with van der Waals surface area (Å²) >= 11 is 0. The summed E-state index contributed by atoms with van der Waals surface area (Å²) in [4.78, 5) is 16.7. The molecule has 0 spiro atoms. The molecule has 5 rings (SSSR count). The Balaban J connectivity index is 1.50. The van der Waals surface area contributed by atoms with Gasteiger partial charge in [-0.15, -0.1) is 0 Å². The molecule has 4 heterocycles. The van der Waals surface area contributed by atoms with Crippen LogP contribution in [0.1, 0.15) is 38.3 Å². The highest BCUT2D eigenvalue weighted by Gasteiger charge is 2.22. The van der Waals surface area contributed by atoms with E-state index in [1.807, 2.05) is 30.3 Å². The molecule has 1 fully saturated rings. The second-order valence-electron chi connectivity index (χ2n) is 8.97.